The molecule has 0 aromatic heterocycles. The van der Waals surface area contributed by atoms with Crippen LogP contribution in [0.15, 0.2) is 0 Å². The zero-order valence-corrected chi connectivity index (χ0v) is 20.0. The third kappa shape index (κ3) is 4.98. The van der Waals surface area contributed by atoms with Crippen molar-refractivity contribution in [1.29, 1.82) is 0 Å². The molecule has 0 spiro atoms. The Morgan fingerprint density at radius 1 is 1.00 bits per heavy atom. The summed E-state index contributed by atoms with van der Waals surface area (Å²) in [5, 5.41) is 0. The van der Waals surface area contributed by atoms with Crippen LogP contribution >= 0.6 is 0 Å². The molecule has 2 saturated carbocycles. The molecule has 2 aliphatic carbocycles. The van der Waals surface area contributed by atoms with E-state index in [4.69, 9.17) is 13.6 Å². The number of hydrogen-bond acceptors (Lipinski definition) is 3. The van der Waals surface area contributed by atoms with E-state index in [9.17, 15) is 0 Å². The van der Waals surface area contributed by atoms with E-state index in [-0.39, 0.29) is 9.52 Å². The second kappa shape index (κ2) is 10.6. The van der Waals surface area contributed by atoms with Crippen molar-refractivity contribution in [3.8, 4) is 0 Å². The van der Waals surface area contributed by atoms with Crippen LogP contribution in [0.4, 0.5) is 0 Å². The lowest BCUT2D eigenvalue weighted by Gasteiger charge is -2.51. The van der Waals surface area contributed by atoms with Gasteiger partial charge in [0.2, 0.25) is 0 Å². The largest absolute Gasteiger partial charge is 0.400 e. The van der Waals surface area contributed by atoms with Gasteiger partial charge in [-0.25, -0.2) is 0 Å². The average molecular weight is 387 g/mol. The van der Waals surface area contributed by atoms with E-state index in [1.807, 2.05) is 14.2 Å². The van der Waals surface area contributed by atoms with E-state index in [0.29, 0.717) is 22.8 Å². The molecule has 0 amide bonds. The first-order valence-electron chi connectivity index (χ1n) is 10.8. The molecular weight excluding hydrogens is 344 g/mol. The lowest BCUT2D eigenvalue weighted by Crippen LogP contribution is -2.53. The highest BCUT2D eigenvalue weighted by Crippen LogP contribution is 2.57. The van der Waals surface area contributed by atoms with Gasteiger partial charge in [-0.1, -0.05) is 57.9 Å². The Morgan fingerprint density at radius 2 is 1.68 bits per heavy atom. The summed E-state index contributed by atoms with van der Waals surface area (Å²) < 4.78 is 19.2. The minimum Gasteiger partial charge on any atom is -0.400 e. The second-order valence-electron chi connectivity index (χ2n) is 8.61. The molecule has 0 aliphatic heterocycles. The molecule has 0 aromatic rings. The standard InChI is InChI=1S/C20H42O3Si2/c1-6-15-24-20(25(21-4)22-5,17-11-8-7-9-12-17)18-13-10-14-19(18)23-16(2)3/h16-19,25H,6-15,24H2,1-5H3. The van der Waals surface area contributed by atoms with Crippen LogP contribution in [0.3, 0.4) is 0 Å². The number of rotatable bonds is 10. The normalized spacial score (nSPS) is 28.4. The molecule has 0 aromatic carbocycles. The first kappa shape index (κ1) is 21.6. The Morgan fingerprint density at radius 3 is 2.24 bits per heavy atom. The van der Waals surface area contributed by atoms with Crippen molar-refractivity contribution in [3.63, 3.8) is 0 Å². The fourth-order valence-corrected chi connectivity index (χ4v) is 13.6. The van der Waals surface area contributed by atoms with Crippen molar-refractivity contribution >= 4 is 18.8 Å². The van der Waals surface area contributed by atoms with E-state index < -0.39 is 9.28 Å². The topological polar surface area (TPSA) is 27.7 Å². The maximum absolute atomic E-state index is 6.47. The Labute approximate surface area is 160 Å². The van der Waals surface area contributed by atoms with Crippen LogP contribution in [0.25, 0.3) is 0 Å². The van der Waals surface area contributed by atoms with E-state index in [2.05, 4.69) is 20.8 Å². The molecule has 2 rings (SSSR count). The van der Waals surface area contributed by atoms with Gasteiger partial charge in [-0.15, -0.1) is 0 Å². The zero-order valence-electron chi connectivity index (χ0n) is 17.4. The minimum absolute atomic E-state index is 0.259. The molecule has 2 aliphatic rings. The third-order valence-electron chi connectivity index (χ3n) is 6.79. The van der Waals surface area contributed by atoms with Gasteiger partial charge in [-0.05, 0) is 38.5 Å². The molecule has 0 radical (unpaired) electrons. The number of ether oxygens (including phenoxy) is 1. The second-order valence-corrected chi connectivity index (χ2v) is 14.5. The summed E-state index contributed by atoms with van der Waals surface area (Å²) in [5.41, 5.74) is 0. The molecule has 3 nitrogen and oxygen atoms in total. The van der Waals surface area contributed by atoms with Crippen LogP contribution < -0.4 is 0 Å². The van der Waals surface area contributed by atoms with E-state index in [1.165, 1.54) is 63.8 Å². The Kier molecular flexibility index (Phi) is 9.16. The zero-order chi connectivity index (χ0) is 18.3. The lowest BCUT2D eigenvalue weighted by molar-refractivity contribution is -0.0282. The van der Waals surface area contributed by atoms with E-state index in [0.717, 1.165) is 5.92 Å². The van der Waals surface area contributed by atoms with Crippen molar-refractivity contribution in [2.75, 3.05) is 14.2 Å². The van der Waals surface area contributed by atoms with Gasteiger partial charge >= 0.3 is 9.28 Å². The summed E-state index contributed by atoms with van der Waals surface area (Å²) in [6.45, 7) is 6.75. The fraction of sp³-hybridized carbons (Fsp3) is 1.00. The lowest BCUT2D eigenvalue weighted by atomic mass is 9.80. The third-order valence-corrected chi connectivity index (χ3v) is 14.3. The van der Waals surface area contributed by atoms with E-state index in [1.54, 1.807) is 0 Å². The summed E-state index contributed by atoms with van der Waals surface area (Å²) in [4.78, 5) is 0. The maximum atomic E-state index is 6.47. The van der Waals surface area contributed by atoms with Crippen LogP contribution in [0.2, 0.25) is 10.7 Å². The molecular formula is C20H42O3Si2. The van der Waals surface area contributed by atoms with Gasteiger partial charge < -0.3 is 13.6 Å². The molecule has 0 N–H and O–H groups in total. The van der Waals surface area contributed by atoms with Crippen LogP contribution in [0.5, 0.6) is 0 Å². The molecule has 2 fully saturated rings. The highest BCUT2D eigenvalue weighted by molar-refractivity contribution is 6.67. The van der Waals surface area contributed by atoms with Crippen LogP contribution in [0, 0.1) is 11.8 Å². The molecule has 3 unspecified atom stereocenters. The van der Waals surface area contributed by atoms with Crippen molar-refractivity contribution in [3.05, 3.63) is 0 Å². The predicted molar refractivity (Wildman–Crippen MR) is 111 cm³/mol. The highest BCUT2D eigenvalue weighted by atomic mass is 28.3. The number of hydrogen-bond donors (Lipinski definition) is 0. The quantitative estimate of drug-likeness (QED) is 0.522. The van der Waals surface area contributed by atoms with Gasteiger partial charge in [-0.2, -0.15) is 0 Å². The van der Waals surface area contributed by atoms with Gasteiger partial charge in [0, 0.05) is 28.4 Å². The summed E-state index contributed by atoms with van der Waals surface area (Å²) in [5.74, 6) is 1.52. The minimum atomic E-state index is -1.70. The molecule has 148 valence electrons. The monoisotopic (exact) mass is 386 g/mol. The Balaban J connectivity index is 2.39. The smallest absolute Gasteiger partial charge is 0.324 e. The summed E-state index contributed by atoms with van der Waals surface area (Å²) in [7, 11) is 1.88. The SMILES string of the molecule is CCC[SiH2]C(C1CCCCC1)(C1CCCC1OC(C)C)[SiH](OC)OC. The van der Waals surface area contributed by atoms with Gasteiger partial charge in [0.25, 0.3) is 0 Å². The van der Waals surface area contributed by atoms with Gasteiger partial charge in [-0.3, -0.25) is 0 Å². The molecule has 0 bridgehead atoms. The van der Waals surface area contributed by atoms with Gasteiger partial charge in [0.1, 0.15) is 0 Å². The fourth-order valence-electron chi connectivity index (χ4n) is 5.89. The van der Waals surface area contributed by atoms with Crippen LogP contribution in [-0.2, 0) is 13.6 Å². The van der Waals surface area contributed by atoms with E-state index >= 15 is 0 Å². The molecule has 0 saturated heterocycles. The van der Waals surface area contributed by atoms with Crippen molar-refractivity contribution < 1.29 is 13.6 Å². The Bertz CT molecular complexity index is 370. The van der Waals surface area contributed by atoms with Crippen molar-refractivity contribution in [2.24, 2.45) is 11.8 Å². The Hall–Kier alpha value is 0.314. The first-order valence-corrected chi connectivity index (χ1v) is 14.0. The highest BCUT2D eigenvalue weighted by Gasteiger charge is 2.56. The molecule has 25 heavy (non-hydrogen) atoms. The van der Waals surface area contributed by atoms with Crippen LogP contribution in [0.1, 0.15) is 78.6 Å². The van der Waals surface area contributed by atoms with Crippen molar-refractivity contribution in [1.82, 2.24) is 0 Å². The molecule has 0 heterocycles. The summed E-state index contributed by atoms with van der Waals surface area (Å²) >= 11 is 0. The first-order chi connectivity index (χ1) is 12.1. The van der Waals surface area contributed by atoms with Gasteiger partial charge in [0.05, 0.1) is 12.2 Å². The predicted octanol–water partition coefficient (Wildman–Crippen LogP) is 4.37. The summed E-state index contributed by atoms with van der Waals surface area (Å²) in [6, 6.07) is 1.43. The van der Waals surface area contributed by atoms with Crippen molar-refractivity contribution in [2.45, 2.75) is 101 Å². The van der Waals surface area contributed by atoms with Gasteiger partial charge in [0.15, 0.2) is 0 Å². The van der Waals surface area contributed by atoms with Crippen LogP contribution in [-0.4, -0.2) is 45.2 Å². The molecule has 3 atom stereocenters. The average Bonchev–Trinajstić information content (AvgIpc) is 3.07. The summed E-state index contributed by atoms with van der Waals surface area (Å²) in [6.07, 6.45) is 13.0. The maximum Gasteiger partial charge on any atom is 0.324 e. The molecule has 5 heteroatoms.